The van der Waals surface area contributed by atoms with Gasteiger partial charge in [0, 0.05) is 24.6 Å². The van der Waals surface area contributed by atoms with Crippen LogP contribution < -0.4 is 22.1 Å². The Morgan fingerprint density at radius 3 is 2.74 bits per heavy atom. The Morgan fingerprint density at radius 1 is 1.32 bits per heavy atom. The number of carboxylic acid groups (broad SMARTS) is 1. The molecule has 1 amide bonds. The lowest BCUT2D eigenvalue weighted by molar-refractivity contribution is -0.142. The third kappa shape index (κ3) is 6.54. The van der Waals surface area contributed by atoms with Gasteiger partial charge in [0.1, 0.15) is 6.04 Å². The van der Waals surface area contributed by atoms with Gasteiger partial charge in [-0.15, -0.1) is 0 Å². The van der Waals surface area contributed by atoms with Gasteiger partial charge in [-0.25, -0.2) is 4.79 Å². The van der Waals surface area contributed by atoms with E-state index in [2.05, 4.69) is 20.8 Å². The van der Waals surface area contributed by atoms with Gasteiger partial charge in [0.25, 0.3) is 0 Å². The summed E-state index contributed by atoms with van der Waals surface area (Å²) in [5.74, 6) is -0.633. The van der Waals surface area contributed by atoms with Crippen LogP contribution in [-0.2, 0) is 22.4 Å². The first-order valence-corrected chi connectivity index (χ1v) is 10.3. The van der Waals surface area contributed by atoms with Crippen molar-refractivity contribution in [3.05, 3.63) is 41.6 Å². The maximum atomic E-state index is 12.2. The van der Waals surface area contributed by atoms with Crippen LogP contribution in [0.15, 0.2) is 39.8 Å². The number of hydrogen-bond donors (Lipinski definition) is 5. The SMILES string of the molecule is NC(N)=NCCCc1cc(-c2ccc(CC(NC(=O)C3CCCN3)C(=O)O)cc2)on1. The molecule has 1 aromatic heterocycles. The van der Waals surface area contributed by atoms with Gasteiger partial charge in [-0.2, -0.15) is 0 Å². The van der Waals surface area contributed by atoms with Crippen LogP contribution in [0.3, 0.4) is 0 Å². The molecule has 1 saturated heterocycles. The first-order chi connectivity index (χ1) is 14.9. The molecule has 2 atom stereocenters. The number of aliphatic imine (C=N–C) groups is 1. The second kappa shape index (κ2) is 10.6. The van der Waals surface area contributed by atoms with E-state index in [9.17, 15) is 14.7 Å². The molecule has 1 aromatic carbocycles. The summed E-state index contributed by atoms with van der Waals surface area (Å²) in [6.07, 6.45) is 3.27. The lowest BCUT2D eigenvalue weighted by Crippen LogP contribution is -2.49. The highest BCUT2D eigenvalue weighted by molar-refractivity contribution is 5.87. The smallest absolute Gasteiger partial charge is 0.326 e. The maximum Gasteiger partial charge on any atom is 0.326 e. The highest BCUT2D eigenvalue weighted by Gasteiger charge is 2.27. The van der Waals surface area contributed by atoms with Gasteiger partial charge in [0.2, 0.25) is 5.91 Å². The Hall–Kier alpha value is -3.40. The summed E-state index contributed by atoms with van der Waals surface area (Å²) in [6.45, 7) is 1.30. The predicted molar refractivity (Wildman–Crippen MR) is 115 cm³/mol. The molecule has 1 fully saturated rings. The van der Waals surface area contributed by atoms with Crippen molar-refractivity contribution >= 4 is 17.8 Å². The Labute approximate surface area is 180 Å². The molecule has 166 valence electrons. The number of nitrogens with zero attached hydrogens (tertiary/aromatic N) is 2. The number of carbonyl (C=O) groups is 2. The molecule has 0 spiro atoms. The summed E-state index contributed by atoms with van der Waals surface area (Å²) in [7, 11) is 0. The van der Waals surface area contributed by atoms with Crippen LogP contribution in [0.2, 0.25) is 0 Å². The molecule has 2 unspecified atom stereocenters. The quantitative estimate of drug-likeness (QED) is 0.206. The lowest BCUT2D eigenvalue weighted by Gasteiger charge is -2.17. The minimum atomic E-state index is -1.06. The van der Waals surface area contributed by atoms with E-state index in [-0.39, 0.29) is 24.3 Å². The van der Waals surface area contributed by atoms with Crippen LogP contribution in [0.4, 0.5) is 0 Å². The third-order valence-electron chi connectivity index (χ3n) is 5.11. The number of carboxylic acids is 1. The molecule has 10 nitrogen and oxygen atoms in total. The highest BCUT2D eigenvalue weighted by Crippen LogP contribution is 2.22. The van der Waals surface area contributed by atoms with Gasteiger partial charge < -0.3 is 31.7 Å². The fourth-order valence-corrected chi connectivity index (χ4v) is 3.46. The van der Waals surface area contributed by atoms with Crippen molar-refractivity contribution < 1.29 is 19.2 Å². The number of aryl methyl sites for hydroxylation is 1. The van der Waals surface area contributed by atoms with E-state index in [1.807, 2.05) is 30.3 Å². The molecule has 31 heavy (non-hydrogen) atoms. The molecule has 10 heteroatoms. The fraction of sp³-hybridized carbons (Fsp3) is 0.429. The van der Waals surface area contributed by atoms with Crippen molar-refractivity contribution in [2.45, 2.75) is 44.2 Å². The zero-order chi connectivity index (χ0) is 22.2. The van der Waals surface area contributed by atoms with Crippen molar-refractivity contribution in [2.24, 2.45) is 16.5 Å². The Morgan fingerprint density at radius 2 is 2.10 bits per heavy atom. The van der Waals surface area contributed by atoms with E-state index in [0.717, 1.165) is 42.6 Å². The van der Waals surface area contributed by atoms with Crippen LogP contribution in [-0.4, -0.2) is 53.3 Å². The summed E-state index contributed by atoms with van der Waals surface area (Å²) in [6, 6.07) is 7.90. The Balaban J connectivity index is 1.57. The lowest BCUT2D eigenvalue weighted by atomic mass is 10.0. The Bertz CT molecular complexity index is 914. The van der Waals surface area contributed by atoms with Gasteiger partial charge >= 0.3 is 5.97 Å². The van der Waals surface area contributed by atoms with Crippen LogP contribution >= 0.6 is 0 Å². The molecule has 3 rings (SSSR count). The number of aliphatic carboxylic acids is 1. The average Bonchev–Trinajstić information content (AvgIpc) is 3.43. The van der Waals surface area contributed by atoms with Crippen molar-refractivity contribution in [3.8, 4) is 11.3 Å². The molecule has 0 bridgehead atoms. The third-order valence-corrected chi connectivity index (χ3v) is 5.11. The van der Waals surface area contributed by atoms with Crippen molar-refractivity contribution in [1.29, 1.82) is 0 Å². The van der Waals surface area contributed by atoms with Crippen LogP contribution in [0.5, 0.6) is 0 Å². The molecule has 0 aliphatic carbocycles. The van der Waals surface area contributed by atoms with E-state index < -0.39 is 12.0 Å². The molecule has 2 aromatic rings. The van der Waals surface area contributed by atoms with Gasteiger partial charge in [0.05, 0.1) is 11.7 Å². The van der Waals surface area contributed by atoms with E-state index in [4.69, 9.17) is 16.0 Å². The fourth-order valence-electron chi connectivity index (χ4n) is 3.46. The molecule has 1 aliphatic heterocycles. The van der Waals surface area contributed by atoms with Crippen LogP contribution in [0.1, 0.15) is 30.5 Å². The van der Waals surface area contributed by atoms with Gasteiger partial charge in [-0.3, -0.25) is 9.79 Å². The molecule has 0 radical (unpaired) electrons. The average molecular weight is 428 g/mol. The Kier molecular flexibility index (Phi) is 7.60. The van der Waals surface area contributed by atoms with Gasteiger partial charge in [0.15, 0.2) is 11.7 Å². The molecule has 2 heterocycles. The van der Waals surface area contributed by atoms with Crippen molar-refractivity contribution in [1.82, 2.24) is 15.8 Å². The van der Waals surface area contributed by atoms with E-state index >= 15 is 0 Å². The number of carbonyl (C=O) groups excluding carboxylic acids is 1. The second-order valence-electron chi connectivity index (χ2n) is 7.54. The zero-order valence-corrected chi connectivity index (χ0v) is 17.2. The van der Waals surface area contributed by atoms with Gasteiger partial charge in [-0.05, 0) is 37.8 Å². The number of guanidine groups is 1. The summed E-state index contributed by atoms with van der Waals surface area (Å²) in [5, 5.41) is 19.3. The summed E-state index contributed by atoms with van der Waals surface area (Å²) >= 11 is 0. The number of rotatable bonds is 10. The molecule has 0 saturated carbocycles. The second-order valence-corrected chi connectivity index (χ2v) is 7.54. The first-order valence-electron chi connectivity index (χ1n) is 10.3. The minimum absolute atomic E-state index is 0.0702. The highest BCUT2D eigenvalue weighted by atomic mass is 16.5. The van der Waals surface area contributed by atoms with E-state index in [1.54, 1.807) is 0 Å². The number of aromatic nitrogens is 1. The maximum absolute atomic E-state index is 12.2. The van der Waals surface area contributed by atoms with E-state index in [1.165, 1.54) is 0 Å². The van der Waals surface area contributed by atoms with Gasteiger partial charge in [-0.1, -0.05) is 29.4 Å². The standard InChI is InChI=1S/C21H28N6O4/c22-21(23)25-10-1-3-15-12-18(31-27-15)14-7-5-13(6-8-14)11-17(20(29)30)26-19(28)16-4-2-9-24-16/h5-8,12,16-17,24H,1-4,9-11H2,(H,26,28)(H,29,30)(H4,22,23,25). The number of hydrogen-bond acceptors (Lipinski definition) is 6. The number of benzene rings is 1. The zero-order valence-electron chi connectivity index (χ0n) is 17.2. The topological polar surface area (TPSA) is 169 Å². The van der Waals surface area contributed by atoms with Crippen molar-refractivity contribution in [3.63, 3.8) is 0 Å². The van der Waals surface area contributed by atoms with Crippen LogP contribution in [0.25, 0.3) is 11.3 Å². The number of nitrogens with one attached hydrogen (secondary N) is 2. The monoisotopic (exact) mass is 428 g/mol. The minimum Gasteiger partial charge on any atom is -0.480 e. The molecular formula is C21H28N6O4. The number of nitrogens with two attached hydrogens (primary N) is 2. The summed E-state index contributed by atoms with van der Waals surface area (Å²) in [4.78, 5) is 27.8. The van der Waals surface area contributed by atoms with E-state index in [0.29, 0.717) is 18.7 Å². The molecule has 1 aliphatic rings. The van der Waals surface area contributed by atoms with Crippen molar-refractivity contribution in [2.75, 3.05) is 13.1 Å². The first kappa shape index (κ1) is 22.3. The predicted octanol–water partition coefficient (Wildman–Crippen LogP) is 0.412. The van der Waals surface area contributed by atoms with Crippen LogP contribution in [0, 0.1) is 0 Å². The summed E-state index contributed by atoms with van der Waals surface area (Å²) < 4.78 is 5.40. The largest absolute Gasteiger partial charge is 0.480 e. The summed E-state index contributed by atoms with van der Waals surface area (Å²) in [5.41, 5.74) is 13.0. The normalized spacial score (nSPS) is 16.6. The molecule has 7 N–H and O–H groups in total. The molecular weight excluding hydrogens is 400 g/mol. The number of amides is 1.